The first-order chi connectivity index (χ1) is 8.97. The topological polar surface area (TPSA) is 32.5 Å². The van der Waals surface area contributed by atoms with E-state index in [2.05, 4.69) is 4.90 Å². The molecule has 3 nitrogen and oxygen atoms in total. The number of hydrogen-bond acceptors (Lipinski definition) is 3. The summed E-state index contributed by atoms with van der Waals surface area (Å²) in [5.41, 5.74) is 5.76. The van der Waals surface area contributed by atoms with Crippen molar-refractivity contribution in [2.45, 2.75) is 12.5 Å². The minimum absolute atomic E-state index is 0.0670. The molecule has 19 heavy (non-hydrogen) atoms. The van der Waals surface area contributed by atoms with Crippen molar-refractivity contribution in [1.82, 2.24) is 9.80 Å². The highest BCUT2D eigenvalue weighted by atomic mass is 19.1. The van der Waals surface area contributed by atoms with Crippen LogP contribution in [0.2, 0.25) is 0 Å². The van der Waals surface area contributed by atoms with E-state index in [-0.39, 0.29) is 12.1 Å². The number of halogens is 2. The Labute approximate surface area is 114 Å². The smallest absolute Gasteiger partial charge is 0.130 e. The number of benzene rings is 1. The van der Waals surface area contributed by atoms with E-state index in [1.807, 2.05) is 26.0 Å². The average Bonchev–Trinajstić information content (AvgIpc) is 2.33. The van der Waals surface area contributed by atoms with E-state index in [1.54, 1.807) is 0 Å². The van der Waals surface area contributed by atoms with Crippen LogP contribution in [0.3, 0.4) is 0 Å². The number of nitrogens with zero attached hydrogens (tertiary/aromatic N) is 2. The molecule has 0 aliphatic rings. The van der Waals surface area contributed by atoms with Gasteiger partial charge in [-0.25, -0.2) is 8.78 Å². The van der Waals surface area contributed by atoms with Gasteiger partial charge < -0.3 is 10.6 Å². The lowest BCUT2D eigenvalue weighted by molar-refractivity contribution is 0.226. The van der Waals surface area contributed by atoms with Gasteiger partial charge in [0, 0.05) is 12.1 Å². The van der Waals surface area contributed by atoms with E-state index < -0.39 is 17.7 Å². The van der Waals surface area contributed by atoms with Crippen LogP contribution in [0.25, 0.3) is 0 Å². The summed E-state index contributed by atoms with van der Waals surface area (Å²) in [6.07, 6.45) is 0.927. The van der Waals surface area contributed by atoms with Gasteiger partial charge in [0.05, 0.1) is 6.04 Å². The largest absolute Gasteiger partial charge is 0.329 e. The highest BCUT2D eigenvalue weighted by Gasteiger charge is 2.22. The van der Waals surface area contributed by atoms with E-state index >= 15 is 0 Å². The van der Waals surface area contributed by atoms with E-state index in [0.717, 1.165) is 19.5 Å². The second kappa shape index (κ2) is 7.53. The Hall–Kier alpha value is -1.04. The SMILES string of the molecule is CN(C)CCCN(C)C(CN)c1c(F)cccc1F. The number of hydrogen-bond donors (Lipinski definition) is 1. The fraction of sp³-hybridized carbons (Fsp3) is 0.571. The average molecular weight is 271 g/mol. The quantitative estimate of drug-likeness (QED) is 0.821. The summed E-state index contributed by atoms with van der Waals surface area (Å²) in [6.45, 7) is 1.87. The lowest BCUT2D eigenvalue weighted by Crippen LogP contribution is -2.33. The summed E-state index contributed by atoms with van der Waals surface area (Å²) in [5.74, 6) is -1.06. The minimum Gasteiger partial charge on any atom is -0.329 e. The molecule has 0 spiro atoms. The van der Waals surface area contributed by atoms with Crippen molar-refractivity contribution in [2.75, 3.05) is 40.8 Å². The molecular weight excluding hydrogens is 248 g/mol. The van der Waals surface area contributed by atoms with Gasteiger partial charge in [-0.2, -0.15) is 0 Å². The molecule has 0 heterocycles. The molecule has 0 bridgehead atoms. The zero-order valence-electron chi connectivity index (χ0n) is 11.9. The molecule has 1 rings (SSSR count). The highest BCUT2D eigenvalue weighted by Crippen LogP contribution is 2.24. The number of nitrogens with two attached hydrogens (primary N) is 1. The lowest BCUT2D eigenvalue weighted by Gasteiger charge is -2.28. The van der Waals surface area contributed by atoms with Gasteiger partial charge in [-0.15, -0.1) is 0 Å². The van der Waals surface area contributed by atoms with Crippen molar-refractivity contribution in [3.8, 4) is 0 Å². The second-order valence-electron chi connectivity index (χ2n) is 5.02. The molecular formula is C14H23F2N3. The van der Waals surface area contributed by atoms with Crippen LogP contribution in [-0.2, 0) is 0 Å². The maximum Gasteiger partial charge on any atom is 0.130 e. The molecule has 108 valence electrons. The predicted molar refractivity (Wildman–Crippen MR) is 74.0 cm³/mol. The zero-order valence-corrected chi connectivity index (χ0v) is 11.9. The predicted octanol–water partition coefficient (Wildman–Crippen LogP) is 1.85. The van der Waals surface area contributed by atoms with Gasteiger partial charge in [0.2, 0.25) is 0 Å². The van der Waals surface area contributed by atoms with Gasteiger partial charge in [0.25, 0.3) is 0 Å². The van der Waals surface area contributed by atoms with Crippen molar-refractivity contribution in [3.63, 3.8) is 0 Å². The van der Waals surface area contributed by atoms with Gasteiger partial charge in [-0.05, 0) is 52.8 Å². The van der Waals surface area contributed by atoms with Crippen LogP contribution in [0.1, 0.15) is 18.0 Å². The molecule has 1 atom stereocenters. The molecule has 1 unspecified atom stereocenters. The molecule has 0 aliphatic heterocycles. The molecule has 0 saturated carbocycles. The Balaban J connectivity index is 2.76. The van der Waals surface area contributed by atoms with E-state index in [9.17, 15) is 8.78 Å². The Kier molecular flexibility index (Phi) is 6.34. The van der Waals surface area contributed by atoms with Crippen LogP contribution in [0, 0.1) is 11.6 Å². The van der Waals surface area contributed by atoms with Crippen molar-refractivity contribution in [3.05, 3.63) is 35.4 Å². The van der Waals surface area contributed by atoms with Crippen molar-refractivity contribution < 1.29 is 8.78 Å². The molecule has 0 fully saturated rings. The van der Waals surface area contributed by atoms with Crippen molar-refractivity contribution in [2.24, 2.45) is 5.73 Å². The number of likely N-dealkylation sites (N-methyl/N-ethyl adjacent to an activating group) is 1. The first-order valence-corrected chi connectivity index (χ1v) is 6.46. The summed E-state index contributed by atoms with van der Waals surface area (Å²) >= 11 is 0. The van der Waals surface area contributed by atoms with Gasteiger partial charge in [-0.1, -0.05) is 6.07 Å². The molecule has 0 radical (unpaired) electrons. The number of rotatable bonds is 7. The van der Waals surface area contributed by atoms with Gasteiger partial charge in [-0.3, -0.25) is 4.90 Å². The van der Waals surface area contributed by atoms with Crippen LogP contribution in [0.15, 0.2) is 18.2 Å². The normalized spacial score (nSPS) is 13.3. The highest BCUT2D eigenvalue weighted by molar-refractivity contribution is 5.23. The first-order valence-electron chi connectivity index (χ1n) is 6.46. The third-order valence-corrected chi connectivity index (χ3v) is 3.20. The summed E-state index contributed by atoms with van der Waals surface area (Å²) < 4.78 is 27.5. The zero-order chi connectivity index (χ0) is 14.4. The maximum absolute atomic E-state index is 13.8. The Morgan fingerprint density at radius 3 is 2.16 bits per heavy atom. The standard InChI is InChI=1S/C14H23F2N3/c1-18(2)8-5-9-19(3)13(10-17)14-11(15)6-4-7-12(14)16/h4,6-7,13H,5,8-10,17H2,1-3H3. The van der Waals surface area contributed by atoms with Crippen LogP contribution in [0.5, 0.6) is 0 Å². The van der Waals surface area contributed by atoms with Crippen LogP contribution in [-0.4, -0.2) is 50.6 Å². The van der Waals surface area contributed by atoms with Crippen LogP contribution < -0.4 is 5.73 Å². The second-order valence-corrected chi connectivity index (χ2v) is 5.02. The van der Waals surface area contributed by atoms with E-state index in [4.69, 9.17) is 5.73 Å². The molecule has 0 aromatic heterocycles. The summed E-state index contributed by atoms with van der Waals surface area (Å²) in [5, 5.41) is 0. The molecule has 1 aromatic rings. The lowest BCUT2D eigenvalue weighted by atomic mass is 10.0. The van der Waals surface area contributed by atoms with E-state index in [1.165, 1.54) is 18.2 Å². The molecule has 0 amide bonds. The molecule has 0 saturated heterocycles. The monoisotopic (exact) mass is 271 g/mol. The summed E-state index contributed by atoms with van der Waals surface area (Å²) in [7, 11) is 5.84. The van der Waals surface area contributed by atoms with Gasteiger partial charge in [0.15, 0.2) is 0 Å². The van der Waals surface area contributed by atoms with Gasteiger partial charge >= 0.3 is 0 Å². The first kappa shape index (κ1) is 16.0. The van der Waals surface area contributed by atoms with E-state index in [0.29, 0.717) is 0 Å². The van der Waals surface area contributed by atoms with Crippen LogP contribution in [0.4, 0.5) is 8.78 Å². The van der Waals surface area contributed by atoms with Crippen molar-refractivity contribution >= 4 is 0 Å². The Morgan fingerprint density at radius 2 is 1.68 bits per heavy atom. The fourth-order valence-corrected chi connectivity index (χ4v) is 2.14. The molecule has 5 heteroatoms. The van der Waals surface area contributed by atoms with Crippen molar-refractivity contribution in [1.29, 1.82) is 0 Å². The maximum atomic E-state index is 13.8. The third kappa shape index (κ3) is 4.53. The van der Waals surface area contributed by atoms with Crippen LogP contribution >= 0.6 is 0 Å². The third-order valence-electron chi connectivity index (χ3n) is 3.20. The fourth-order valence-electron chi connectivity index (χ4n) is 2.14. The Bertz CT molecular complexity index is 376. The van der Waals surface area contributed by atoms with Gasteiger partial charge in [0.1, 0.15) is 11.6 Å². The molecule has 0 aliphatic carbocycles. The Morgan fingerprint density at radius 1 is 1.11 bits per heavy atom. The molecule has 2 N–H and O–H groups in total. The molecule has 1 aromatic carbocycles. The summed E-state index contributed by atoms with van der Waals surface area (Å²) in [4.78, 5) is 3.99. The minimum atomic E-state index is -0.532. The summed E-state index contributed by atoms with van der Waals surface area (Å²) in [6, 6.07) is 3.49.